The molecule has 2 heteroatoms. The number of rotatable bonds is 0. The van der Waals surface area contributed by atoms with Gasteiger partial charge in [0.15, 0.2) is 5.60 Å². The van der Waals surface area contributed by atoms with Gasteiger partial charge in [-0.3, -0.25) is 0 Å². The van der Waals surface area contributed by atoms with Crippen molar-refractivity contribution < 1.29 is 4.84 Å². The molecule has 1 aliphatic heterocycles. The molecule has 0 atom stereocenters. The largest absolute Gasteiger partial charge is 0.388 e. The zero-order chi connectivity index (χ0) is 9.60. The van der Waals surface area contributed by atoms with E-state index in [-0.39, 0.29) is 5.60 Å². The molecule has 0 N–H and O–H groups in total. The summed E-state index contributed by atoms with van der Waals surface area (Å²) in [5.41, 5.74) is 3.95. The Hall–Kier alpha value is -1.31. The second-order valence-electron chi connectivity index (χ2n) is 4.40. The number of oxime groups is 1. The molecule has 72 valence electrons. The van der Waals surface area contributed by atoms with Gasteiger partial charge in [-0.05, 0) is 18.1 Å². The summed E-state index contributed by atoms with van der Waals surface area (Å²) < 4.78 is 0. The molecule has 2 aliphatic rings. The molecule has 0 saturated heterocycles. The minimum absolute atomic E-state index is 0.0340. The van der Waals surface area contributed by atoms with Crippen LogP contribution in [0.1, 0.15) is 24.5 Å². The Morgan fingerprint density at radius 2 is 1.79 bits per heavy atom. The highest BCUT2D eigenvalue weighted by Crippen LogP contribution is 2.38. The third-order valence-corrected chi connectivity index (χ3v) is 3.12. The predicted molar refractivity (Wildman–Crippen MR) is 55.4 cm³/mol. The van der Waals surface area contributed by atoms with Gasteiger partial charge in [0.2, 0.25) is 0 Å². The van der Waals surface area contributed by atoms with Gasteiger partial charge in [-0.1, -0.05) is 29.4 Å². The van der Waals surface area contributed by atoms with E-state index in [0.717, 1.165) is 25.0 Å². The smallest absolute Gasteiger partial charge is 0.151 e. The number of hydrogen-bond acceptors (Lipinski definition) is 2. The monoisotopic (exact) mass is 187 g/mol. The van der Waals surface area contributed by atoms with Crippen LogP contribution in [0.2, 0.25) is 0 Å². The molecule has 1 heterocycles. The normalized spacial score (nSPS) is 21.9. The summed E-state index contributed by atoms with van der Waals surface area (Å²) in [4.78, 5) is 5.58. The molecule has 0 saturated carbocycles. The predicted octanol–water partition coefficient (Wildman–Crippen LogP) is 2.32. The standard InChI is InChI=1S/C12H13NO/c1-9-6-12(14-13-9)7-10-4-2-3-5-11(10)8-12/h2-5H,6-8H2,1H3. The van der Waals surface area contributed by atoms with Crippen molar-refractivity contribution in [2.24, 2.45) is 5.16 Å². The Balaban J connectivity index is 1.92. The fourth-order valence-electron chi connectivity index (χ4n) is 2.55. The van der Waals surface area contributed by atoms with Crippen LogP contribution in [0.3, 0.4) is 0 Å². The molecule has 1 aromatic rings. The first-order chi connectivity index (χ1) is 6.77. The van der Waals surface area contributed by atoms with Gasteiger partial charge in [-0.2, -0.15) is 0 Å². The summed E-state index contributed by atoms with van der Waals surface area (Å²) in [6.45, 7) is 2.04. The van der Waals surface area contributed by atoms with Crippen molar-refractivity contribution in [3.05, 3.63) is 35.4 Å². The molecule has 1 aromatic carbocycles. The molecule has 1 aliphatic carbocycles. The topological polar surface area (TPSA) is 21.6 Å². The van der Waals surface area contributed by atoms with Gasteiger partial charge in [-0.25, -0.2) is 0 Å². The van der Waals surface area contributed by atoms with E-state index in [1.165, 1.54) is 11.1 Å². The summed E-state index contributed by atoms with van der Waals surface area (Å²) in [6.07, 6.45) is 3.02. The lowest BCUT2D eigenvalue weighted by Crippen LogP contribution is -2.29. The van der Waals surface area contributed by atoms with Crippen molar-refractivity contribution in [1.82, 2.24) is 0 Å². The van der Waals surface area contributed by atoms with Crippen LogP contribution in [0, 0.1) is 0 Å². The molecule has 0 aromatic heterocycles. The number of fused-ring (bicyclic) bond motifs is 1. The molecule has 14 heavy (non-hydrogen) atoms. The van der Waals surface area contributed by atoms with E-state index < -0.39 is 0 Å². The van der Waals surface area contributed by atoms with Crippen LogP contribution in [-0.2, 0) is 17.7 Å². The molecule has 0 unspecified atom stereocenters. The van der Waals surface area contributed by atoms with Crippen LogP contribution in [0.15, 0.2) is 29.4 Å². The van der Waals surface area contributed by atoms with Gasteiger partial charge < -0.3 is 4.84 Å². The highest BCUT2D eigenvalue weighted by atomic mass is 16.7. The quantitative estimate of drug-likeness (QED) is 0.610. The molecule has 0 bridgehead atoms. The Morgan fingerprint density at radius 1 is 1.14 bits per heavy atom. The third kappa shape index (κ3) is 1.07. The van der Waals surface area contributed by atoms with E-state index in [0.29, 0.717) is 0 Å². The molecular formula is C12H13NO. The van der Waals surface area contributed by atoms with Crippen molar-refractivity contribution in [2.75, 3.05) is 0 Å². The summed E-state index contributed by atoms with van der Waals surface area (Å²) >= 11 is 0. The van der Waals surface area contributed by atoms with Crippen LogP contribution in [0.25, 0.3) is 0 Å². The fourth-order valence-corrected chi connectivity index (χ4v) is 2.55. The van der Waals surface area contributed by atoms with Crippen molar-refractivity contribution in [1.29, 1.82) is 0 Å². The third-order valence-electron chi connectivity index (χ3n) is 3.12. The summed E-state index contributed by atoms with van der Waals surface area (Å²) in [5.74, 6) is 0. The Morgan fingerprint density at radius 3 is 2.29 bits per heavy atom. The maximum absolute atomic E-state index is 5.58. The highest BCUT2D eigenvalue weighted by Gasteiger charge is 2.43. The van der Waals surface area contributed by atoms with Crippen molar-refractivity contribution in [3.63, 3.8) is 0 Å². The highest BCUT2D eigenvalue weighted by molar-refractivity contribution is 5.83. The summed E-state index contributed by atoms with van der Waals surface area (Å²) in [6, 6.07) is 8.59. The van der Waals surface area contributed by atoms with Gasteiger partial charge in [-0.15, -0.1) is 0 Å². The second-order valence-corrected chi connectivity index (χ2v) is 4.40. The fraction of sp³-hybridized carbons (Fsp3) is 0.417. The van der Waals surface area contributed by atoms with E-state index in [9.17, 15) is 0 Å². The molecule has 3 rings (SSSR count). The summed E-state index contributed by atoms with van der Waals surface area (Å²) in [5, 5.41) is 4.07. The van der Waals surface area contributed by atoms with E-state index in [2.05, 4.69) is 29.4 Å². The van der Waals surface area contributed by atoms with Gasteiger partial charge in [0.25, 0.3) is 0 Å². The Labute approximate surface area is 83.6 Å². The number of hydrogen-bond donors (Lipinski definition) is 0. The number of nitrogens with zero attached hydrogens (tertiary/aromatic N) is 1. The van der Waals surface area contributed by atoms with Crippen molar-refractivity contribution >= 4 is 5.71 Å². The number of benzene rings is 1. The Bertz CT molecular complexity index is 384. The first-order valence-electron chi connectivity index (χ1n) is 5.06. The zero-order valence-corrected chi connectivity index (χ0v) is 8.29. The van der Waals surface area contributed by atoms with E-state index >= 15 is 0 Å². The van der Waals surface area contributed by atoms with Crippen molar-refractivity contribution in [2.45, 2.75) is 31.8 Å². The summed E-state index contributed by atoms with van der Waals surface area (Å²) in [7, 11) is 0. The lowest BCUT2D eigenvalue weighted by molar-refractivity contribution is -0.00992. The maximum atomic E-state index is 5.58. The average molecular weight is 187 g/mol. The van der Waals surface area contributed by atoms with E-state index in [1.807, 2.05) is 6.92 Å². The van der Waals surface area contributed by atoms with Crippen LogP contribution < -0.4 is 0 Å². The molecule has 0 fully saturated rings. The lowest BCUT2D eigenvalue weighted by Gasteiger charge is -2.19. The van der Waals surface area contributed by atoms with Gasteiger partial charge in [0.1, 0.15) is 0 Å². The minimum atomic E-state index is -0.0340. The van der Waals surface area contributed by atoms with E-state index in [4.69, 9.17) is 4.84 Å². The average Bonchev–Trinajstić information content (AvgIpc) is 2.69. The van der Waals surface area contributed by atoms with Gasteiger partial charge in [0, 0.05) is 19.3 Å². The Kier molecular flexibility index (Phi) is 1.49. The van der Waals surface area contributed by atoms with Crippen molar-refractivity contribution in [3.8, 4) is 0 Å². The zero-order valence-electron chi connectivity index (χ0n) is 8.29. The van der Waals surface area contributed by atoms with Crippen LogP contribution in [-0.4, -0.2) is 11.3 Å². The molecule has 1 spiro atoms. The lowest BCUT2D eigenvalue weighted by atomic mass is 9.95. The molecule has 0 radical (unpaired) electrons. The SMILES string of the molecule is CC1=NOC2(C1)Cc1ccccc1C2. The minimum Gasteiger partial charge on any atom is -0.388 e. The van der Waals surface area contributed by atoms with Gasteiger partial charge >= 0.3 is 0 Å². The first kappa shape index (κ1) is 8.04. The van der Waals surface area contributed by atoms with Crippen LogP contribution in [0.5, 0.6) is 0 Å². The second kappa shape index (κ2) is 2.59. The molecular weight excluding hydrogens is 174 g/mol. The van der Waals surface area contributed by atoms with E-state index in [1.54, 1.807) is 0 Å². The van der Waals surface area contributed by atoms with Crippen LogP contribution in [0.4, 0.5) is 0 Å². The molecule has 2 nitrogen and oxygen atoms in total. The maximum Gasteiger partial charge on any atom is 0.151 e. The molecule has 0 amide bonds. The van der Waals surface area contributed by atoms with Gasteiger partial charge in [0.05, 0.1) is 5.71 Å². The first-order valence-corrected chi connectivity index (χ1v) is 5.06. The van der Waals surface area contributed by atoms with Crippen LogP contribution >= 0.6 is 0 Å².